The van der Waals surface area contributed by atoms with E-state index < -0.39 is 18.2 Å². The van der Waals surface area contributed by atoms with E-state index in [1.165, 1.54) is 4.90 Å². The van der Waals surface area contributed by atoms with Crippen molar-refractivity contribution < 1.29 is 14.3 Å². The van der Waals surface area contributed by atoms with Gasteiger partial charge in [-0.05, 0) is 48.9 Å². The van der Waals surface area contributed by atoms with Gasteiger partial charge in [-0.2, -0.15) is 0 Å². The van der Waals surface area contributed by atoms with Crippen LogP contribution in [-0.2, 0) is 11.3 Å². The van der Waals surface area contributed by atoms with E-state index in [1.807, 2.05) is 52.8 Å². The average Bonchev–Trinajstić information content (AvgIpc) is 3.34. The van der Waals surface area contributed by atoms with Crippen LogP contribution in [0.1, 0.15) is 18.7 Å². The number of amides is 3. The highest BCUT2D eigenvalue weighted by Gasteiger charge is 2.52. The number of urea groups is 1. The second kappa shape index (κ2) is 7.83. The van der Waals surface area contributed by atoms with E-state index >= 15 is 0 Å². The number of rotatable bonds is 5. The topological polar surface area (TPSA) is 92.6 Å². The first-order valence-electron chi connectivity index (χ1n) is 10.2. The van der Waals surface area contributed by atoms with Crippen molar-refractivity contribution in [3.63, 3.8) is 0 Å². The molecule has 1 N–H and O–H groups in total. The van der Waals surface area contributed by atoms with Gasteiger partial charge < -0.3 is 14.5 Å². The van der Waals surface area contributed by atoms with Crippen LogP contribution in [-0.4, -0.2) is 51.3 Å². The standard InChI is InChI=1S/C22H21ClN6O3/c1-3-32-16-10-6-14(7-11-16)18-25-26-21-28(12-13-4-8-15(23)9-5-13)17-19(30)24-22(31)27(2)20(17)29(18)21/h4-11,17,20H,3,12H2,1-2H3,(H,24,30,31). The van der Waals surface area contributed by atoms with Gasteiger partial charge in [0, 0.05) is 24.2 Å². The molecule has 3 aromatic rings. The Labute approximate surface area is 189 Å². The molecule has 2 atom stereocenters. The molecule has 0 bridgehead atoms. The number of imide groups is 1. The Morgan fingerprint density at radius 1 is 1.06 bits per heavy atom. The number of fused-ring (bicyclic) bond motifs is 3. The SMILES string of the molecule is CCOc1ccc(-c2nnc3n2C2C(C(=O)NC(=O)N2C)N3Cc2ccc(Cl)cc2)cc1. The highest BCUT2D eigenvalue weighted by atomic mass is 35.5. The summed E-state index contributed by atoms with van der Waals surface area (Å²) in [5, 5.41) is 11.9. The summed E-state index contributed by atoms with van der Waals surface area (Å²) in [6.45, 7) is 2.91. The minimum Gasteiger partial charge on any atom is -0.494 e. The number of halogens is 1. The molecule has 2 unspecified atom stereocenters. The van der Waals surface area contributed by atoms with Crippen molar-refractivity contribution in [3.05, 3.63) is 59.1 Å². The van der Waals surface area contributed by atoms with Crippen LogP contribution in [0.4, 0.5) is 10.7 Å². The largest absolute Gasteiger partial charge is 0.494 e. The Morgan fingerprint density at radius 3 is 2.47 bits per heavy atom. The summed E-state index contributed by atoms with van der Waals surface area (Å²) in [7, 11) is 1.66. The lowest BCUT2D eigenvalue weighted by Gasteiger charge is -2.37. The highest BCUT2D eigenvalue weighted by Crippen LogP contribution is 2.41. The highest BCUT2D eigenvalue weighted by molar-refractivity contribution is 6.30. The Balaban J connectivity index is 1.59. The van der Waals surface area contributed by atoms with Gasteiger partial charge in [0.25, 0.3) is 5.91 Å². The first-order valence-corrected chi connectivity index (χ1v) is 10.6. The number of anilines is 1. The fraction of sp³-hybridized carbons (Fsp3) is 0.273. The number of nitrogens with one attached hydrogen (secondary N) is 1. The van der Waals surface area contributed by atoms with Gasteiger partial charge >= 0.3 is 6.03 Å². The Kier molecular flexibility index (Phi) is 4.97. The van der Waals surface area contributed by atoms with Crippen molar-refractivity contribution >= 4 is 29.5 Å². The van der Waals surface area contributed by atoms with Crippen molar-refractivity contribution in [1.82, 2.24) is 25.0 Å². The lowest BCUT2D eigenvalue weighted by molar-refractivity contribution is -0.124. The third-order valence-corrected chi connectivity index (χ3v) is 5.98. The second-order valence-corrected chi connectivity index (χ2v) is 8.11. The predicted octanol–water partition coefficient (Wildman–Crippen LogP) is 3.07. The van der Waals surface area contributed by atoms with E-state index in [-0.39, 0.29) is 5.91 Å². The zero-order valence-corrected chi connectivity index (χ0v) is 18.3. The van der Waals surface area contributed by atoms with E-state index in [0.717, 1.165) is 16.9 Å². The number of benzene rings is 2. The van der Waals surface area contributed by atoms with E-state index in [9.17, 15) is 9.59 Å². The van der Waals surface area contributed by atoms with Gasteiger partial charge in [-0.3, -0.25) is 14.7 Å². The molecule has 10 heteroatoms. The van der Waals surface area contributed by atoms with Crippen molar-refractivity contribution in [2.75, 3.05) is 18.6 Å². The minimum absolute atomic E-state index is 0.366. The summed E-state index contributed by atoms with van der Waals surface area (Å²) < 4.78 is 7.38. The summed E-state index contributed by atoms with van der Waals surface area (Å²) >= 11 is 6.02. The third kappa shape index (κ3) is 3.25. The molecule has 32 heavy (non-hydrogen) atoms. The van der Waals surface area contributed by atoms with Gasteiger partial charge in [0.1, 0.15) is 11.9 Å². The number of carbonyl (C=O) groups is 2. The number of ether oxygens (including phenoxy) is 1. The Hall–Kier alpha value is -3.59. The van der Waals surface area contributed by atoms with E-state index in [1.54, 1.807) is 19.2 Å². The van der Waals surface area contributed by atoms with Crippen molar-refractivity contribution in [3.8, 4) is 17.1 Å². The number of hydrogen-bond acceptors (Lipinski definition) is 6. The molecule has 164 valence electrons. The van der Waals surface area contributed by atoms with Gasteiger partial charge in [0.05, 0.1) is 6.61 Å². The van der Waals surface area contributed by atoms with Crippen molar-refractivity contribution in [2.24, 2.45) is 0 Å². The molecule has 0 aliphatic carbocycles. The molecule has 3 amide bonds. The molecule has 0 radical (unpaired) electrons. The van der Waals surface area contributed by atoms with Crippen LogP contribution in [0.5, 0.6) is 5.75 Å². The van der Waals surface area contributed by atoms with Crippen LogP contribution in [0.3, 0.4) is 0 Å². The van der Waals surface area contributed by atoms with Crippen LogP contribution in [0.25, 0.3) is 11.4 Å². The van der Waals surface area contributed by atoms with Crippen LogP contribution >= 0.6 is 11.6 Å². The predicted molar refractivity (Wildman–Crippen MR) is 118 cm³/mol. The van der Waals surface area contributed by atoms with E-state index in [4.69, 9.17) is 16.3 Å². The van der Waals surface area contributed by atoms with Crippen LogP contribution in [0, 0.1) is 0 Å². The molecule has 0 saturated carbocycles. The Morgan fingerprint density at radius 2 is 1.78 bits per heavy atom. The molecule has 1 aromatic heterocycles. The number of carbonyl (C=O) groups excluding carboxylic acids is 2. The van der Waals surface area contributed by atoms with Gasteiger partial charge in [0.15, 0.2) is 11.9 Å². The van der Waals surface area contributed by atoms with Crippen molar-refractivity contribution in [1.29, 1.82) is 0 Å². The van der Waals surface area contributed by atoms with Crippen LogP contribution < -0.4 is 15.0 Å². The molecule has 3 heterocycles. The molecule has 2 aliphatic rings. The normalized spacial score (nSPS) is 19.6. The smallest absolute Gasteiger partial charge is 0.325 e. The number of aromatic nitrogens is 3. The number of likely N-dealkylation sites (N-methyl/N-ethyl adjacent to an activating group) is 1. The summed E-state index contributed by atoms with van der Waals surface area (Å²) in [5.41, 5.74) is 1.77. The summed E-state index contributed by atoms with van der Waals surface area (Å²) in [5.74, 6) is 1.49. The molecule has 1 fully saturated rings. The van der Waals surface area contributed by atoms with Crippen LogP contribution in [0.15, 0.2) is 48.5 Å². The first kappa shape index (κ1) is 20.3. The first-order chi connectivity index (χ1) is 15.5. The summed E-state index contributed by atoms with van der Waals surface area (Å²) in [6.07, 6.45) is -0.574. The maximum absolute atomic E-state index is 12.9. The zero-order chi connectivity index (χ0) is 22.4. The van der Waals surface area contributed by atoms with Gasteiger partial charge in [0.2, 0.25) is 5.95 Å². The fourth-order valence-electron chi connectivity index (χ4n) is 4.22. The summed E-state index contributed by atoms with van der Waals surface area (Å²) in [6, 6.07) is 13.8. The molecule has 2 aliphatic heterocycles. The van der Waals surface area contributed by atoms with Gasteiger partial charge in [-0.15, -0.1) is 10.2 Å². The quantitative estimate of drug-likeness (QED) is 0.639. The molecule has 1 saturated heterocycles. The number of hydrogen-bond donors (Lipinski definition) is 1. The fourth-order valence-corrected chi connectivity index (χ4v) is 4.34. The van der Waals surface area contributed by atoms with Gasteiger partial charge in [-0.1, -0.05) is 23.7 Å². The molecular formula is C22H21ClN6O3. The van der Waals surface area contributed by atoms with E-state index in [0.29, 0.717) is 29.9 Å². The molecule has 5 rings (SSSR count). The lowest BCUT2D eigenvalue weighted by atomic mass is 10.1. The zero-order valence-electron chi connectivity index (χ0n) is 17.5. The molecule has 2 aromatic carbocycles. The third-order valence-electron chi connectivity index (χ3n) is 5.72. The lowest BCUT2D eigenvalue weighted by Crippen LogP contribution is -2.61. The minimum atomic E-state index is -0.639. The maximum Gasteiger partial charge on any atom is 0.325 e. The molecular weight excluding hydrogens is 432 g/mol. The number of nitrogens with zero attached hydrogens (tertiary/aromatic N) is 5. The molecule has 0 spiro atoms. The van der Waals surface area contributed by atoms with Crippen LogP contribution in [0.2, 0.25) is 5.02 Å². The summed E-state index contributed by atoms with van der Waals surface area (Å²) in [4.78, 5) is 28.7. The molecule has 9 nitrogen and oxygen atoms in total. The van der Waals surface area contributed by atoms with Crippen molar-refractivity contribution in [2.45, 2.75) is 25.7 Å². The average molecular weight is 453 g/mol. The maximum atomic E-state index is 12.9. The monoisotopic (exact) mass is 452 g/mol. The van der Waals surface area contributed by atoms with Gasteiger partial charge in [-0.25, -0.2) is 4.79 Å². The van der Waals surface area contributed by atoms with E-state index in [2.05, 4.69) is 15.5 Å². The Bertz CT molecular complexity index is 1180. The second-order valence-electron chi connectivity index (χ2n) is 7.67.